The number of ether oxygens (including phenoxy) is 1. The van der Waals surface area contributed by atoms with E-state index in [0.717, 1.165) is 28.3 Å². The van der Waals surface area contributed by atoms with Crippen molar-refractivity contribution < 1.29 is 9.53 Å². The second-order valence-electron chi connectivity index (χ2n) is 6.91. The van der Waals surface area contributed by atoms with Crippen LogP contribution in [0.25, 0.3) is 21.9 Å². The van der Waals surface area contributed by atoms with E-state index in [9.17, 15) is 4.79 Å². The topological polar surface area (TPSA) is 73.1 Å². The molecule has 0 saturated carbocycles. The summed E-state index contributed by atoms with van der Waals surface area (Å²) in [5.74, 6) is 1.40. The molecule has 1 aliphatic rings. The molecule has 4 aromatic heterocycles. The van der Waals surface area contributed by atoms with Gasteiger partial charge in [0.1, 0.15) is 5.52 Å². The number of likely N-dealkylation sites (tertiary alicyclic amines) is 1. The van der Waals surface area contributed by atoms with Crippen LogP contribution in [-0.2, 0) is 0 Å². The van der Waals surface area contributed by atoms with Crippen LogP contribution < -0.4 is 4.74 Å². The monoisotopic (exact) mass is 405 g/mol. The molecular weight excluding hydrogens is 386 g/mol. The van der Waals surface area contributed by atoms with E-state index >= 15 is 0 Å². The molecule has 0 radical (unpaired) electrons. The van der Waals surface area contributed by atoms with Crippen molar-refractivity contribution in [3.8, 4) is 16.6 Å². The van der Waals surface area contributed by atoms with Crippen LogP contribution in [0.15, 0.2) is 54.2 Å². The number of thiophene rings is 1. The first-order valence-corrected chi connectivity index (χ1v) is 10.3. The Balaban J connectivity index is 1.46. The second-order valence-corrected chi connectivity index (χ2v) is 7.86. The van der Waals surface area contributed by atoms with Crippen molar-refractivity contribution >= 4 is 28.4 Å². The first kappa shape index (κ1) is 17.8. The molecule has 8 heteroatoms. The fourth-order valence-electron chi connectivity index (χ4n) is 3.80. The maximum absolute atomic E-state index is 12.9. The number of pyridine rings is 2. The number of carbonyl (C=O) groups excluding carboxylic acids is 1. The average Bonchev–Trinajstić information content (AvgIpc) is 3.52. The summed E-state index contributed by atoms with van der Waals surface area (Å²) in [5.41, 5.74) is 2.31. The van der Waals surface area contributed by atoms with Crippen LogP contribution in [0.2, 0.25) is 0 Å². The summed E-state index contributed by atoms with van der Waals surface area (Å²) in [5, 5.41) is 2.05. The molecule has 1 saturated heterocycles. The third-order valence-corrected chi connectivity index (χ3v) is 6.06. The highest BCUT2D eigenvalue weighted by molar-refractivity contribution is 7.13. The second kappa shape index (κ2) is 7.29. The Morgan fingerprint density at radius 1 is 1.21 bits per heavy atom. The Labute approximate surface area is 171 Å². The lowest BCUT2D eigenvalue weighted by Gasteiger charge is -2.18. The van der Waals surface area contributed by atoms with Crippen molar-refractivity contribution in [1.82, 2.24) is 24.4 Å². The van der Waals surface area contributed by atoms with Gasteiger partial charge >= 0.3 is 0 Å². The van der Waals surface area contributed by atoms with Gasteiger partial charge in [0.25, 0.3) is 5.91 Å². The number of carbonyl (C=O) groups is 1. The number of methoxy groups -OCH3 is 1. The lowest BCUT2D eigenvalue weighted by molar-refractivity contribution is 0.0787. The third kappa shape index (κ3) is 3.15. The minimum absolute atomic E-state index is 0.0160. The molecule has 5 rings (SSSR count). The average molecular weight is 405 g/mol. The Morgan fingerprint density at radius 3 is 2.90 bits per heavy atom. The van der Waals surface area contributed by atoms with Gasteiger partial charge in [-0.05, 0) is 36.1 Å². The van der Waals surface area contributed by atoms with Crippen molar-refractivity contribution in [3.05, 3.63) is 59.7 Å². The van der Waals surface area contributed by atoms with Gasteiger partial charge in [-0.25, -0.2) is 15.0 Å². The highest BCUT2D eigenvalue weighted by Gasteiger charge is 2.31. The van der Waals surface area contributed by atoms with Crippen LogP contribution in [-0.4, -0.2) is 50.5 Å². The van der Waals surface area contributed by atoms with E-state index in [1.807, 2.05) is 28.5 Å². The number of imidazole rings is 1. The summed E-state index contributed by atoms with van der Waals surface area (Å²) < 4.78 is 7.27. The zero-order valence-electron chi connectivity index (χ0n) is 15.9. The van der Waals surface area contributed by atoms with Crippen LogP contribution in [0.4, 0.5) is 0 Å². The number of amides is 1. The first-order chi connectivity index (χ1) is 14.2. The van der Waals surface area contributed by atoms with Crippen LogP contribution in [0.3, 0.4) is 0 Å². The van der Waals surface area contributed by atoms with Crippen LogP contribution in [0, 0.1) is 0 Å². The normalized spacial score (nSPS) is 16.4. The molecule has 1 amide bonds. The Kier molecular flexibility index (Phi) is 4.48. The molecule has 0 spiro atoms. The van der Waals surface area contributed by atoms with Gasteiger partial charge in [0.15, 0.2) is 11.5 Å². The molecule has 0 bridgehead atoms. The molecule has 0 unspecified atom stereocenters. The van der Waals surface area contributed by atoms with Gasteiger partial charge in [-0.3, -0.25) is 4.79 Å². The lowest BCUT2D eigenvalue weighted by Crippen LogP contribution is -2.29. The molecular formula is C21H19N5O2S. The van der Waals surface area contributed by atoms with Crippen LogP contribution in [0.1, 0.15) is 22.8 Å². The molecule has 5 heterocycles. The number of nitrogens with zero attached hydrogens (tertiary/aromatic N) is 5. The van der Waals surface area contributed by atoms with E-state index in [0.29, 0.717) is 24.5 Å². The standard InChI is InChI=1S/C21H19N5O2S/c1-28-18-7-6-14(12-23-18)21(27)25-10-8-15(13-25)26-19-16(4-2-9-22-19)24-20(26)17-5-3-11-29-17/h2-7,9,11-12,15H,8,10,13H2,1H3/t15-/m1/s1. The van der Waals surface area contributed by atoms with Gasteiger partial charge in [0.2, 0.25) is 5.88 Å². The molecule has 1 fully saturated rings. The summed E-state index contributed by atoms with van der Waals surface area (Å²) in [6.45, 7) is 1.30. The predicted octanol–water partition coefficient (Wildman–Crippen LogP) is 3.65. The van der Waals surface area contributed by atoms with E-state index in [-0.39, 0.29) is 11.9 Å². The van der Waals surface area contributed by atoms with Crippen molar-refractivity contribution in [3.63, 3.8) is 0 Å². The van der Waals surface area contributed by atoms with Gasteiger partial charge in [0.05, 0.1) is 23.6 Å². The van der Waals surface area contributed by atoms with Crippen molar-refractivity contribution in [2.75, 3.05) is 20.2 Å². The fraction of sp³-hybridized carbons (Fsp3) is 0.238. The maximum atomic E-state index is 12.9. The molecule has 4 aromatic rings. The SMILES string of the molecule is COc1ccc(C(=O)N2CC[C@@H](n3c(-c4cccs4)nc4cccnc43)C2)cn1. The molecule has 0 aliphatic carbocycles. The van der Waals surface area contributed by atoms with Gasteiger partial charge in [-0.15, -0.1) is 11.3 Å². The molecule has 1 aliphatic heterocycles. The minimum Gasteiger partial charge on any atom is -0.481 e. The lowest BCUT2D eigenvalue weighted by atomic mass is 10.2. The van der Waals surface area contributed by atoms with E-state index < -0.39 is 0 Å². The highest BCUT2D eigenvalue weighted by Crippen LogP contribution is 2.34. The Morgan fingerprint density at radius 2 is 2.14 bits per heavy atom. The van der Waals surface area contributed by atoms with Crippen LogP contribution >= 0.6 is 11.3 Å². The molecule has 146 valence electrons. The number of hydrogen-bond donors (Lipinski definition) is 0. The zero-order chi connectivity index (χ0) is 19.8. The third-order valence-electron chi connectivity index (χ3n) is 5.20. The molecule has 1 atom stereocenters. The highest BCUT2D eigenvalue weighted by atomic mass is 32.1. The van der Waals surface area contributed by atoms with E-state index in [1.165, 1.54) is 0 Å². The van der Waals surface area contributed by atoms with Crippen LogP contribution in [0.5, 0.6) is 5.88 Å². The van der Waals surface area contributed by atoms with Gasteiger partial charge in [-0.1, -0.05) is 6.07 Å². The van der Waals surface area contributed by atoms with Crippen molar-refractivity contribution in [2.45, 2.75) is 12.5 Å². The quantitative estimate of drug-likeness (QED) is 0.518. The summed E-state index contributed by atoms with van der Waals surface area (Å²) in [6.07, 6.45) is 4.22. The van der Waals surface area contributed by atoms with E-state index in [1.54, 1.807) is 43.0 Å². The zero-order valence-corrected chi connectivity index (χ0v) is 16.7. The van der Waals surface area contributed by atoms with Gasteiger partial charge < -0.3 is 14.2 Å². The van der Waals surface area contributed by atoms with E-state index in [2.05, 4.69) is 20.6 Å². The largest absolute Gasteiger partial charge is 0.481 e. The molecule has 7 nitrogen and oxygen atoms in total. The molecule has 0 aromatic carbocycles. The number of aromatic nitrogens is 4. The number of rotatable bonds is 4. The summed E-state index contributed by atoms with van der Waals surface area (Å²) in [4.78, 5) is 29.5. The summed E-state index contributed by atoms with van der Waals surface area (Å²) >= 11 is 1.66. The van der Waals surface area contributed by atoms with E-state index in [4.69, 9.17) is 9.72 Å². The Bertz CT molecular complexity index is 1150. The molecule has 0 N–H and O–H groups in total. The number of hydrogen-bond acceptors (Lipinski definition) is 6. The summed E-state index contributed by atoms with van der Waals surface area (Å²) in [6, 6.07) is 11.6. The number of fused-ring (bicyclic) bond motifs is 1. The van der Waals surface area contributed by atoms with Crippen molar-refractivity contribution in [2.24, 2.45) is 0 Å². The van der Waals surface area contributed by atoms with Crippen molar-refractivity contribution in [1.29, 1.82) is 0 Å². The first-order valence-electron chi connectivity index (χ1n) is 9.41. The molecule has 29 heavy (non-hydrogen) atoms. The van der Waals surface area contributed by atoms with Gasteiger partial charge in [-0.2, -0.15) is 0 Å². The maximum Gasteiger partial charge on any atom is 0.255 e. The predicted molar refractivity (Wildman–Crippen MR) is 111 cm³/mol. The summed E-state index contributed by atoms with van der Waals surface area (Å²) in [7, 11) is 1.56. The van der Waals surface area contributed by atoms with Gasteiger partial charge in [0, 0.05) is 31.5 Å². The smallest absolute Gasteiger partial charge is 0.255 e. The fourth-order valence-corrected chi connectivity index (χ4v) is 4.51. The minimum atomic E-state index is -0.0160. The Hall–Kier alpha value is -3.26.